The first kappa shape index (κ1) is 12.2. The summed E-state index contributed by atoms with van der Waals surface area (Å²) in [4.78, 5) is 24.7. The van der Waals surface area contributed by atoms with E-state index in [9.17, 15) is 14.7 Å². The predicted octanol–water partition coefficient (Wildman–Crippen LogP) is 0.469. The zero-order chi connectivity index (χ0) is 12.6. The monoisotopic (exact) mass is 255 g/mol. The molecule has 1 saturated heterocycles. The van der Waals surface area contributed by atoms with Crippen LogP contribution >= 0.6 is 11.8 Å². The Labute approximate surface area is 103 Å². The largest absolute Gasteiger partial charge is 0.457 e. The number of carbonyl (C=O) groups is 2. The number of esters is 1. The lowest BCUT2D eigenvalue weighted by Gasteiger charge is -2.43. The number of aliphatic hydroxyl groups excluding tert-OH is 1. The molecule has 0 aromatic heterocycles. The Balaban J connectivity index is 2.03. The van der Waals surface area contributed by atoms with Gasteiger partial charge in [-0.15, -0.1) is 11.8 Å². The van der Waals surface area contributed by atoms with Crippen molar-refractivity contribution in [1.82, 2.24) is 4.90 Å². The second-order valence-electron chi connectivity index (χ2n) is 3.89. The van der Waals surface area contributed by atoms with E-state index in [1.165, 1.54) is 22.7 Å². The second-order valence-corrected chi connectivity index (χ2v) is 4.88. The van der Waals surface area contributed by atoms with E-state index in [2.05, 4.69) is 6.58 Å². The average Bonchev–Trinajstić information content (AvgIpc) is 2.64. The third-order valence-corrected chi connectivity index (χ3v) is 3.87. The Morgan fingerprint density at radius 1 is 1.82 bits per heavy atom. The summed E-state index contributed by atoms with van der Waals surface area (Å²) in [5.74, 6) is -1.19. The van der Waals surface area contributed by atoms with Crippen LogP contribution in [0, 0.1) is 5.92 Å². The third kappa shape index (κ3) is 1.87. The number of hydrogen-bond acceptors (Lipinski definition) is 5. The topological polar surface area (TPSA) is 66.8 Å². The van der Waals surface area contributed by atoms with Crippen molar-refractivity contribution >= 4 is 23.6 Å². The zero-order valence-corrected chi connectivity index (χ0v) is 10.1. The van der Waals surface area contributed by atoms with E-state index in [1.807, 2.05) is 0 Å². The Bertz CT molecular complexity index is 404. The molecule has 2 aliphatic rings. The van der Waals surface area contributed by atoms with Gasteiger partial charge in [0.2, 0.25) is 5.91 Å². The molecule has 1 fully saturated rings. The van der Waals surface area contributed by atoms with E-state index < -0.39 is 18.0 Å². The van der Waals surface area contributed by atoms with Crippen LogP contribution in [0.3, 0.4) is 0 Å². The number of fused-ring (bicyclic) bond motifs is 1. The van der Waals surface area contributed by atoms with Crippen LogP contribution in [0.15, 0.2) is 23.8 Å². The summed E-state index contributed by atoms with van der Waals surface area (Å²) in [5.41, 5.74) is 0.253. The third-order valence-electron chi connectivity index (χ3n) is 2.72. The van der Waals surface area contributed by atoms with Crippen molar-refractivity contribution in [3.8, 4) is 0 Å². The van der Waals surface area contributed by atoms with Crippen molar-refractivity contribution in [3.63, 3.8) is 0 Å². The fraction of sp³-hybridized carbons (Fsp3) is 0.455. The van der Waals surface area contributed by atoms with E-state index in [1.54, 1.807) is 12.3 Å². The number of thioether (sulfide) groups is 1. The minimum absolute atomic E-state index is 0.118. The number of amides is 1. The normalized spacial score (nSPS) is 28.0. The lowest BCUT2D eigenvalue weighted by Crippen LogP contribution is -2.60. The zero-order valence-electron chi connectivity index (χ0n) is 9.33. The second kappa shape index (κ2) is 4.54. The quantitative estimate of drug-likeness (QED) is 0.449. The minimum atomic E-state index is -0.701. The molecule has 6 heteroatoms. The number of nitrogens with zero attached hydrogens (tertiary/aromatic N) is 1. The molecule has 1 amide bonds. The molecule has 2 heterocycles. The van der Waals surface area contributed by atoms with Gasteiger partial charge in [0.15, 0.2) is 0 Å². The van der Waals surface area contributed by atoms with Crippen LogP contribution in [-0.2, 0) is 14.3 Å². The van der Waals surface area contributed by atoms with E-state index in [0.717, 1.165) is 0 Å². The molecule has 0 unspecified atom stereocenters. The number of aliphatic hydroxyl groups is 1. The minimum Gasteiger partial charge on any atom is -0.457 e. The highest BCUT2D eigenvalue weighted by molar-refractivity contribution is 8.03. The molecule has 0 spiro atoms. The summed E-state index contributed by atoms with van der Waals surface area (Å²) in [6, 6.07) is 0. The van der Waals surface area contributed by atoms with Crippen LogP contribution in [0.1, 0.15) is 6.92 Å². The van der Waals surface area contributed by atoms with Crippen molar-refractivity contribution in [1.29, 1.82) is 0 Å². The van der Waals surface area contributed by atoms with E-state index in [0.29, 0.717) is 0 Å². The van der Waals surface area contributed by atoms with E-state index in [-0.39, 0.29) is 23.6 Å². The number of ether oxygens (including phenoxy) is 1. The smallest absolute Gasteiger partial charge is 0.355 e. The molecule has 0 aromatic carbocycles. The van der Waals surface area contributed by atoms with Crippen molar-refractivity contribution in [3.05, 3.63) is 23.8 Å². The summed E-state index contributed by atoms with van der Waals surface area (Å²) in [7, 11) is 0. The molecule has 0 aliphatic carbocycles. The van der Waals surface area contributed by atoms with Crippen LogP contribution in [0.4, 0.5) is 0 Å². The summed E-state index contributed by atoms with van der Waals surface area (Å²) >= 11 is 1.36. The van der Waals surface area contributed by atoms with Gasteiger partial charge in [0.05, 0.1) is 12.0 Å². The van der Waals surface area contributed by atoms with E-state index in [4.69, 9.17) is 4.74 Å². The molecular formula is C11H13NO4S. The standard InChI is InChI=1S/C11H13NO4S/c1-3-4-16-11(15)7-5-17-10-8(6(2)13)9(14)12(7)10/h3,5-6,8,10,13H,1,4H2,2H3/t6-,8+,10+/m1/s1. The van der Waals surface area contributed by atoms with Gasteiger partial charge in [-0.1, -0.05) is 12.7 Å². The van der Waals surface area contributed by atoms with Gasteiger partial charge < -0.3 is 9.84 Å². The molecule has 0 radical (unpaired) electrons. The predicted molar refractivity (Wildman–Crippen MR) is 62.6 cm³/mol. The van der Waals surface area contributed by atoms with Gasteiger partial charge in [0, 0.05) is 5.41 Å². The van der Waals surface area contributed by atoms with Crippen LogP contribution in [-0.4, -0.2) is 40.0 Å². The Hall–Kier alpha value is -1.27. The molecule has 2 aliphatic heterocycles. The van der Waals surface area contributed by atoms with Crippen LogP contribution < -0.4 is 0 Å². The first-order valence-corrected chi connectivity index (χ1v) is 6.17. The summed E-state index contributed by atoms with van der Waals surface area (Å²) in [6.07, 6.45) is 0.766. The van der Waals surface area contributed by atoms with Gasteiger partial charge >= 0.3 is 5.97 Å². The molecule has 0 bridgehead atoms. The summed E-state index contributed by atoms with van der Waals surface area (Å²) < 4.78 is 4.88. The maximum Gasteiger partial charge on any atom is 0.355 e. The Kier molecular flexibility index (Phi) is 3.26. The summed E-state index contributed by atoms with van der Waals surface area (Å²) in [6.45, 7) is 5.14. The van der Waals surface area contributed by atoms with Gasteiger partial charge in [0.25, 0.3) is 0 Å². The molecule has 2 rings (SSSR count). The highest BCUT2D eigenvalue weighted by Crippen LogP contribution is 2.46. The molecule has 17 heavy (non-hydrogen) atoms. The lowest BCUT2D eigenvalue weighted by molar-refractivity contribution is -0.157. The van der Waals surface area contributed by atoms with Crippen molar-refractivity contribution < 1.29 is 19.4 Å². The number of β-lactam (4-membered cyclic amide) rings is 1. The van der Waals surface area contributed by atoms with Gasteiger partial charge in [-0.2, -0.15) is 0 Å². The lowest BCUT2D eigenvalue weighted by atomic mass is 9.92. The number of carbonyl (C=O) groups excluding carboxylic acids is 2. The molecule has 92 valence electrons. The van der Waals surface area contributed by atoms with Crippen LogP contribution in [0.25, 0.3) is 0 Å². The molecule has 5 nitrogen and oxygen atoms in total. The average molecular weight is 255 g/mol. The fourth-order valence-corrected chi connectivity index (χ4v) is 3.21. The van der Waals surface area contributed by atoms with Gasteiger partial charge in [-0.25, -0.2) is 4.79 Å². The fourth-order valence-electron chi connectivity index (χ4n) is 1.88. The SMILES string of the molecule is C=CCOC(=O)C1=CS[C@H]2[C@@H]([C@@H](C)O)C(=O)N12. The van der Waals surface area contributed by atoms with E-state index >= 15 is 0 Å². The van der Waals surface area contributed by atoms with Gasteiger partial charge in [0.1, 0.15) is 17.7 Å². The maximum atomic E-state index is 11.8. The molecule has 1 N–H and O–H groups in total. The molecule has 3 atom stereocenters. The first-order valence-electron chi connectivity index (χ1n) is 5.22. The Morgan fingerprint density at radius 2 is 2.53 bits per heavy atom. The van der Waals surface area contributed by atoms with Gasteiger partial charge in [-0.05, 0) is 6.92 Å². The van der Waals surface area contributed by atoms with Crippen molar-refractivity contribution in [2.75, 3.05) is 6.61 Å². The highest BCUT2D eigenvalue weighted by atomic mass is 32.2. The molecule has 0 saturated carbocycles. The Morgan fingerprint density at radius 3 is 3.12 bits per heavy atom. The van der Waals surface area contributed by atoms with Gasteiger partial charge in [-0.3, -0.25) is 9.69 Å². The van der Waals surface area contributed by atoms with Crippen LogP contribution in [0.2, 0.25) is 0 Å². The number of hydrogen-bond donors (Lipinski definition) is 1. The van der Waals surface area contributed by atoms with Crippen molar-refractivity contribution in [2.24, 2.45) is 5.92 Å². The first-order chi connectivity index (χ1) is 8.07. The highest BCUT2D eigenvalue weighted by Gasteiger charge is 2.55. The van der Waals surface area contributed by atoms with Crippen LogP contribution in [0.5, 0.6) is 0 Å². The number of rotatable bonds is 4. The molecule has 0 aromatic rings. The summed E-state index contributed by atoms with van der Waals surface area (Å²) in [5, 5.41) is 10.9. The molecular weight excluding hydrogens is 242 g/mol. The van der Waals surface area contributed by atoms with Crippen molar-refractivity contribution in [2.45, 2.75) is 18.4 Å². The maximum absolute atomic E-state index is 11.8.